The number of nitrogens with one attached hydrogen (secondary N) is 1. The van der Waals surface area contributed by atoms with E-state index in [2.05, 4.69) is 26.2 Å². The van der Waals surface area contributed by atoms with E-state index in [1.807, 2.05) is 50.2 Å². The number of anilines is 1. The lowest BCUT2D eigenvalue weighted by molar-refractivity contribution is -0.121. The molecule has 0 saturated carbocycles. The third-order valence-electron chi connectivity index (χ3n) is 4.88. The van der Waals surface area contributed by atoms with Crippen LogP contribution in [-0.4, -0.2) is 35.0 Å². The van der Waals surface area contributed by atoms with Gasteiger partial charge in [0.1, 0.15) is 11.2 Å². The minimum Gasteiger partial charge on any atom is -0.445 e. The normalized spacial score (nSPS) is 14.6. The number of amides is 2. The van der Waals surface area contributed by atoms with Crippen LogP contribution >= 0.6 is 15.9 Å². The zero-order valence-corrected chi connectivity index (χ0v) is 17.7. The molecule has 2 aromatic rings. The van der Waals surface area contributed by atoms with Crippen LogP contribution in [0.3, 0.4) is 0 Å². The van der Waals surface area contributed by atoms with E-state index in [4.69, 9.17) is 4.74 Å². The molecule has 0 spiro atoms. The average molecular weight is 446 g/mol. The number of hydrogen-bond donors (Lipinski definition) is 1. The molecule has 3 rings (SSSR count). The number of nitrogens with zero attached hydrogens (tertiary/aromatic N) is 2. The van der Waals surface area contributed by atoms with E-state index >= 15 is 0 Å². The van der Waals surface area contributed by atoms with Crippen LogP contribution in [0.1, 0.15) is 29.7 Å². The van der Waals surface area contributed by atoms with Gasteiger partial charge in [0.25, 0.3) is 0 Å². The SMILES string of the molecule is Cc1cc(C)c(NC(=O)C2CCN(C(=O)OCc3ccccc3)CC2)c(Br)n1. The highest BCUT2D eigenvalue weighted by molar-refractivity contribution is 9.10. The molecule has 1 aromatic carbocycles. The smallest absolute Gasteiger partial charge is 0.410 e. The van der Waals surface area contributed by atoms with Crippen LogP contribution in [-0.2, 0) is 16.1 Å². The van der Waals surface area contributed by atoms with E-state index in [1.54, 1.807) is 4.90 Å². The van der Waals surface area contributed by atoms with Gasteiger partial charge in [-0.1, -0.05) is 30.3 Å². The maximum absolute atomic E-state index is 12.6. The fourth-order valence-corrected chi connectivity index (χ4v) is 3.99. The Bertz CT molecular complexity index is 826. The van der Waals surface area contributed by atoms with Crippen molar-refractivity contribution in [2.75, 3.05) is 18.4 Å². The fraction of sp³-hybridized carbons (Fsp3) is 0.381. The molecule has 6 nitrogen and oxygen atoms in total. The third kappa shape index (κ3) is 5.10. The summed E-state index contributed by atoms with van der Waals surface area (Å²) in [4.78, 5) is 30.9. The lowest BCUT2D eigenvalue weighted by Gasteiger charge is -2.30. The largest absolute Gasteiger partial charge is 0.445 e. The summed E-state index contributed by atoms with van der Waals surface area (Å²) in [6, 6.07) is 11.5. The number of benzene rings is 1. The van der Waals surface area contributed by atoms with Gasteiger partial charge >= 0.3 is 6.09 Å². The Hall–Kier alpha value is -2.41. The van der Waals surface area contributed by atoms with Crippen molar-refractivity contribution < 1.29 is 14.3 Å². The Labute approximate surface area is 173 Å². The zero-order valence-electron chi connectivity index (χ0n) is 16.1. The van der Waals surface area contributed by atoms with Gasteiger partial charge in [-0.05, 0) is 59.8 Å². The van der Waals surface area contributed by atoms with Crippen molar-refractivity contribution in [3.63, 3.8) is 0 Å². The Kier molecular flexibility index (Phi) is 6.67. The number of carbonyl (C=O) groups excluding carboxylic acids is 2. The second-order valence-corrected chi connectivity index (χ2v) is 7.79. The standard InChI is InChI=1S/C21H24BrN3O3/c1-14-12-15(2)23-19(22)18(14)24-20(26)17-8-10-25(11-9-17)21(27)28-13-16-6-4-3-5-7-16/h3-7,12,17H,8-11,13H2,1-2H3,(H,24,26). The minimum absolute atomic E-state index is 0.0354. The number of halogens is 1. The molecule has 1 aliphatic rings. The van der Waals surface area contributed by atoms with Crippen molar-refractivity contribution in [3.05, 3.63) is 57.8 Å². The maximum Gasteiger partial charge on any atom is 0.410 e. The van der Waals surface area contributed by atoms with Crippen LogP contribution in [0.15, 0.2) is 41.0 Å². The van der Waals surface area contributed by atoms with E-state index in [0.717, 1.165) is 16.8 Å². The second-order valence-electron chi connectivity index (χ2n) is 7.04. The van der Waals surface area contributed by atoms with Crippen LogP contribution < -0.4 is 5.32 Å². The van der Waals surface area contributed by atoms with Crippen molar-refractivity contribution in [3.8, 4) is 0 Å². The minimum atomic E-state index is -0.330. The van der Waals surface area contributed by atoms with Crippen LogP contribution in [0.25, 0.3) is 0 Å². The van der Waals surface area contributed by atoms with Gasteiger partial charge in [-0.3, -0.25) is 4.79 Å². The van der Waals surface area contributed by atoms with Crippen LogP contribution in [0.4, 0.5) is 10.5 Å². The van der Waals surface area contributed by atoms with E-state index in [-0.39, 0.29) is 24.5 Å². The molecule has 148 valence electrons. The average Bonchev–Trinajstić information content (AvgIpc) is 2.69. The lowest BCUT2D eigenvalue weighted by Crippen LogP contribution is -2.41. The molecular formula is C21H24BrN3O3. The summed E-state index contributed by atoms with van der Waals surface area (Å²) < 4.78 is 6.01. The Morgan fingerprint density at radius 1 is 1.21 bits per heavy atom. The Morgan fingerprint density at radius 2 is 1.89 bits per heavy atom. The molecule has 0 atom stereocenters. The number of likely N-dealkylation sites (tertiary alicyclic amines) is 1. The van der Waals surface area contributed by atoms with Crippen LogP contribution in [0.2, 0.25) is 0 Å². The quantitative estimate of drug-likeness (QED) is 0.705. The molecule has 2 amide bonds. The summed E-state index contributed by atoms with van der Waals surface area (Å²) in [5.74, 6) is -0.169. The molecular weight excluding hydrogens is 422 g/mol. The van der Waals surface area contributed by atoms with Gasteiger partial charge in [-0.2, -0.15) is 0 Å². The molecule has 7 heteroatoms. The molecule has 0 radical (unpaired) electrons. The van der Waals surface area contributed by atoms with E-state index in [9.17, 15) is 9.59 Å². The van der Waals surface area contributed by atoms with Gasteiger partial charge in [0.05, 0.1) is 5.69 Å². The maximum atomic E-state index is 12.6. The lowest BCUT2D eigenvalue weighted by atomic mass is 9.96. The highest BCUT2D eigenvalue weighted by Crippen LogP contribution is 2.27. The summed E-state index contributed by atoms with van der Waals surface area (Å²) in [5, 5.41) is 2.98. The molecule has 2 heterocycles. The first kappa shape index (κ1) is 20.3. The molecule has 1 saturated heterocycles. The first-order valence-corrected chi connectivity index (χ1v) is 10.1. The third-order valence-corrected chi connectivity index (χ3v) is 5.45. The predicted octanol–water partition coefficient (Wildman–Crippen LogP) is 4.45. The Balaban J connectivity index is 1.49. The van der Waals surface area contributed by atoms with E-state index < -0.39 is 0 Å². The van der Waals surface area contributed by atoms with Crippen molar-refractivity contribution in [1.82, 2.24) is 9.88 Å². The number of piperidine rings is 1. The molecule has 0 aliphatic carbocycles. The number of aromatic nitrogens is 1. The van der Waals surface area contributed by atoms with Gasteiger partial charge in [0.15, 0.2) is 0 Å². The van der Waals surface area contributed by atoms with E-state index in [0.29, 0.717) is 36.2 Å². The van der Waals surface area contributed by atoms with Gasteiger partial charge in [0.2, 0.25) is 5.91 Å². The predicted molar refractivity (Wildman–Crippen MR) is 111 cm³/mol. The van der Waals surface area contributed by atoms with E-state index in [1.165, 1.54) is 0 Å². The topological polar surface area (TPSA) is 71.5 Å². The fourth-order valence-electron chi connectivity index (χ4n) is 3.30. The molecule has 28 heavy (non-hydrogen) atoms. The zero-order chi connectivity index (χ0) is 20.1. The number of pyridine rings is 1. The first-order chi connectivity index (χ1) is 13.4. The Morgan fingerprint density at radius 3 is 2.54 bits per heavy atom. The molecule has 1 aliphatic heterocycles. The summed E-state index contributed by atoms with van der Waals surface area (Å²) in [7, 11) is 0. The highest BCUT2D eigenvalue weighted by atomic mass is 79.9. The molecule has 1 fully saturated rings. The van der Waals surface area contributed by atoms with Gasteiger partial charge in [0, 0.05) is 24.7 Å². The summed E-state index contributed by atoms with van der Waals surface area (Å²) in [6.07, 6.45) is 0.897. The monoisotopic (exact) mass is 445 g/mol. The van der Waals surface area contributed by atoms with Crippen molar-refractivity contribution in [2.24, 2.45) is 5.92 Å². The molecule has 1 N–H and O–H groups in total. The van der Waals surface area contributed by atoms with Crippen molar-refractivity contribution >= 4 is 33.6 Å². The summed E-state index contributed by atoms with van der Waals surface area (Å²) in [6.45, 7) is 5.14. The molecule has 0 unspecified atom stereocenters. The van der Waals surface area contributed by atoms with Gasteiger partial charge < -0.3 is 15.0 Å². The number of hydrogen-bond acceptors (Lipinski definition) is 4. The number of carbonyl (C=O) groups is 2. The molecule has 1 aromatic heterocycles. The highest BCUT2D eigenvalue weighted by Gasteiger charge is 2.28. The second kappa shape index (κ2) is 9.19. The van der Waals surface area contributed by atoms with Crippen molar-refractivity contribution in [2.45, 2.75) is 33.3 Å². The molecule has 0 bridgehead atoms. The van der Waals surface area contributed by atoms with Gasteiger partial charge in [-0.25, -0.2) is 9.78 Å². The van der Waals surface area contributed by atoms with Crippen LogP contribution in [0, 0.1) is 19.8 Å². The summed E-state index contributed by atoms with van der Waals surface area (Å²) in [5.41, 5.74) is 3.53. The summed E-state index contributed by atoms with van der Waals surface area (Å²) >= 11 is 3.42. The number of ether oxygens (including phenoxy) is 1. The first-order valence-electron chi connectivity index (χ1n) is 9.34. The van der Waals surface area contributed by atoms with Gasteiger partial charge in [-0.15, -0.1) is 0 Å². The number of aryl methyl sites for hydroxylation is 2. The van der Waals surface area contributed by atoms with Crippen molar-refractivity contribution in [1.29, 1.82) is 0 Å². The number of rotatable bonds is 4. The van der Waals surface area contributed by atoms with Crippen LogP contribution in [0.5, 0.6) is 0 Å².